The lowest BCUT2D eigenvalue weighted by Crippen LogP contribution is -2.76. The molecule has 0 saturated heterocycles. The molecule has 544 valence electrons. The van der Waals surface area contributed by atoms with Gasteiger partial charge < -0.3 is 4.74 Å². The molecule has 0 N–H and O–H groups in total. The molecule has 0 spiro atoms. The smallest absolute Gasteiger partial charge is 0.269 e. The third-order valence-corrected chi connectivity index (χ3v) is 31.8. The molecule has 0 aliphatic rings. The van der Waals surface area contributed by atoms with Gasteiger partial charge >= 0.3 is 0 Å². The largest absolute Gasteiger partial charge is 0.458 e. The fourth-order valence-corrected chi connectivity index (χ4v) is 25.7. The van der Waals surface area contributed by atoms with E-state index in [0.29, 0.717) is 22.2 Å². The molecule has 3 aromatic heterocycles. The molecule has 0 amide bonds. The Morgan fingerprint density at radius 2 is 0.789 bits per heavy atom. The molecule has 8 heteroatoms. The first-order valence-corrected chi connectivity index (χ1v) is 41.0. The van der Waals surface area contributed by atoms with E-state index in [9.17, 15) is 64.4 Å². The molecule has 0 aliphatic carbocycles. The average Bonchev–Trinajstić information content (AvgIpc) is 1.52. The average molecular weight is 1570 g/mol. The standard InChI is InChI=1S/C106H82N4OSi3/c1-106(2,3)81-69-70-107-104(74-81)110-99-63-32-31-61-97(99)98-67-66-84(76-101(98)110)111-83-40-35-39-82(75-83)108-77-109(100-68-65-79(73-102(100)108)78-37-33-59-94(71-78)112(85-41-13-4-14-42-85,86-43-15-5-16-44-86)87-45-17-6-18-46-87)105-96(62-36-64-103(105)114(91-53-25-10-26-54-91,92-55-27-11-28-56-92)93-57-29-12-30-58-93)80-38-34-60-95(72-80)113(88-47-19-7-20-48-88,89-49-21-8-22-50-89)90-51-23-9-24-52-90/h4-76H,1-3H3/i4D,5D,6D,7D,8D,9D,10D,11D,12D,13D,14D,15D,16D,17D,18D,19D,20D,21D,22D,23D,24D,25D,26D,27D,28D,29D,30D,33D,34D,37D,38D,41D,42D,43D,44D,45D,46D,47D,48D,49D,50D,51D,52D,53D,54D,55D,56D,57D,58D,59D,60D,71D,72D. The van der Waals surface area contributed by atoms with Crippen LogP contribution in [0.3, 0.4) is 0 Å². The van der Waals surface area contributed by atoms with E-state index in [1.807, 2.05) is 61.7 Å². The lowest BCUT2D eigenvalue weighted by molar-refractivity contribution is -0.570. The van der Waals surface area contributed by atoms with Crippen molar-refractivity contribution >= 4 is 119 Å². The van der Waals surface area contributed by atoms with Crippen molar-refractivity contribution in [2.24, 2.45) is 0 Å². The van der Waals surface area contributed by atoms with Crippen LogP contribution in [0.5, 0.6) is 11.5 Å². The van der Waals surface area contributed by atoms with Crippen molar-refractivity contribution in [3.63, 3.8) is 0 Å². The van der Waals surface area contributed by atoms with Gasteiger partial charge in [-0.25, -0.2) is 4.98 Å². The molecule has 0 atom stereocenters. The molecule has 0 saturated carbocycles. The van der Waals surface area contributed by atoms with Gasteiger partial charge in [0.2, 0.25) is 0 Å². The summed E-state index contributed by atoms with van der Waals surface area (Å²) in [6.45, 7) is 6.01. The summed E-state index contributed by atoms with van der Waals surface area (Å²) in [5, 5.41) is -14.4. The highest BCUT2D eigenvalue weighted by Crippen LogP contribution is 2.38. The number of hydrogen-bond donors (Lipinski definition) is 0. The molecule has 5 nitrogen and oxygen atoms in total. The van der Waals surface area contributed by atoms with Gasteiger partial charge in [0.05, 0.1) is 106 Å². The highest BCUT2D eigenvalue weighted by atomic mass is 28.3. The third kappa shape index (κ3) is 12.3. The highest BCUT2D eigenvalue weighted by Gasteiger charge is 2.46. The first-order valence-electron chi connectivity index (χ1n) is 61.5. The maximum absolute atomic E-state index is 11.6. The van der Waals surface area contributed by atoms with Gasteiger partial charge in [0, 0.05) is 23.0 Å². The quantitative estimate of drug-likeness (QED) is 0.0350. The molecule has 0 bridgehead atoms. The maximum Gasteiger partial charge on any atom is 0.269 e. The summed E-state index contributed by atoms with van der Waals surface area (Å²) in [4.78, 5) is 4.83. The summed E-state index contributed by atoms with van der Waals surface area (Å²) in [5.74, 6) is 0.367. The van der Waals surface area contributed by atoms with Crippen LogP contribution in [-0.4, -0.2) is 38.3 Å². The van der Waals surface area contributed by atoms with E-state index in [1.165, 1.54) is 24.3 Å². The molecule has 16 aromatic carbocycles. The fraction of sp³-hybridized carbons (Fsp3) is 0.0377. The van der Waals surface area contributed by atoms with Crippen LogP contribution < -0.4 is 71.5 Å². The topological polar surface area (TPSA) is 35.9 Å². The van der Waals surface area contributed by atoms with Gasteiger partial charge in [-0.05, 0) is 150 Å². The number of nitrogens with zero attached hydrogens (tertiary/aromatic N) is 4. The van der Waals surface area contributed by atoms with Crippen LogP contribution in [0.15, 0.2) is 442 Å². The minimum absolute atomic E-state index is 0.0689. The van der Waals surface area contributed by atoms with E-state index in [-0.39, 0.29) is 17.2 Å². The summed E-state index contributed by atoms with van der Waals surface area (Å²) >= 11 is 0. The van der Waals surface area contributed by atoms with E-state index in [0.717, 1.165) is 56.5 Å². The predicted molar refractivity (Wildman–Crippen MR) is 483 cm³/mol. The Balaban J connectivity index is 1.08. The summed E-state index contributed by atoms with van der Waals surface area (Å²) in [6, 6.07) is -46.8. The summed E-state index contributed by atoms with van der Waals surface area (Å²) in [7, 11) is -20.9. The van der Waals surface area contributed by atoms with Crippen molar-refractivity contribution in [2.75, 3.05) is 0 Å². The number of fused-ring (bicyclic) bond motifs is 4. The Hall–Kier alpha value is -13.6. The summed E-state index contributed by atoms with van der Waals surface area (Å²) < 4.78 is 535. The molecule has 3 heterocycles. The number of benzene rings is 16. The van der Waals surface area contributed by atoms with Crippen LogP contribution in [0.2, 0.25) is 0 Å². The highest BCUT2D eigenvalue weighted by molar-refractivity contribution is 7.21. The minimum Gasteiger partial charge on any atom is -0.458 e. The minimum atomic E-state index is -7.08. The number of rotatable bonds is 19. The monoisotopic (exact) mass is 1560 g/mol. The van der Waals surface area contributed by atoms with Gasteiger partial charge in [-0.1, -0.05) is 396 Å². The summed E-state index contributed by atoms with van der Waals surface area (Å²) in [6.07, 6.45) is 4.83. The van der Waals surface area contributed by atoms with Crippen molar-refractivity contribution in [1.29, 1.82) is 0 Å². The van der Waals surface area contributed by atoms with Crippen molar-refractivity contribution in [3.8, 4) is 50.9 Å². The number of para-hydroxylation sites is 2. The van der Waals surface area contributed by atoms with Crippen molar-refractivity contribution in [2.45, 2.75) is 26.2 Å². The van der Waals surface area contributed by atoms with Crippen molar-refractivity contribution in [3.05, 3.63) is 454 Å². The number of ether oxygens (including phenoxy) is 1. The van der Waals surface area contributed by atoms with E-state index >= 15 is 0 Å². The molecule has 114 heavy (non-hydrogen) atoms. The molecular formula is C106H82N4OSi3. The Kier molecular flexibility index (Phi) is 8.85. The van der Waals surface area contributed by atoms with E-state index < -0.39 is 451 Å². The second-order valence-corrected chi connectivity index (χ2v) is 37.2. The van der Waals surface area contributed by atoms with E-state index in [4.69, 9.17) is 17.9 Å². The SMILES string of the molecule is [2H]c1c([2H])c([2H])c([Si](c2cccc(-c3c([2H])c([2H])c([2H])c([Si](c4c([2H])c([2H])c([2H])c([2H])c4[2H])(c4c([2H])c([2H])c([2H])c([2H])c4[2H])c4c([2H])c([2H])c([2H])c([2H])c4[2H])c3[2H])c2-[n+]2[c-]n(-c3cccc(Oc4ccc5c6ccccc6n(-c6cc(C(C)(C)C)ccn6)c5c4)c3)c3cc(-c4c([2H])c([2H])c([2H])c([Si](c5c([2H])c([2H])c([2H])c([2H])c5[2H])(c5c([2H])c([2H])c([2H])c([2H])c5[2H])c5c([2H])c([2H])c([2H])c([2H])c5[2H])c4[2H])ccc32)(c2c([2H])c([2H])c([2H])c([2H])c2[2H])c2c([2H])c([2H])c([2H])c([2H])c2[2H])c([2H])c1[2H]. The number of aromatic nitrogens is 4. The molecule has 19 aromatic rings. The number of hydrogen-bond acceptors (Lipinski definition) is 2. The van der Waals surface area contributed by atoms with Crippen LogP contribution in [0.4, 0.5) is 0 Å². The molecule has 0 radical (unpaired) electrons. The molecule has 0 unspecified atom stereocenters. The van der Waals surface area contributed by atoms with Gasteiger partial charge in [0.25, 0.3) is 6.33 Å². The molecule has 19 rings (SSSR count). The Bertz CT molecular complexity index is 9370. The Morgan fingerprint density at radius 3 is 1.29 bits per heavy atom. The van der Waals surface area contributed by atoms with Gasteiger partial charge in [0.1, 0.15) is 17.3 Å². The number of pyridine rings is 1. The van der Waals surface area contributed by atoms with Crippen LogP contribution in [-0.2, 0) is 5.41 Å². The van der Waals surface area contributed by atoms with Crippen LogP contribution >= 0.6 is 0 Å². The van der Waals surface area contributed by atoms with Crippen molar-refractivity contribution < 1.29 is 82.0 Å². The molecule has 0 aliphatic heterocycles. The van der Waals surface area contributed by atoms with Gasteiger partial charge in [-0.2, -0.15) is 0 Å². The second kappa shape index (κ2) is 29.9. The predicted octanol–water partition coefficient (Wildman–Crippen LogP) is 16.8. The van der Waals surface area contributed by atoms with Crippen LogP contribution in [0, 0.1) is 6.33 Å². The lowest BCUT2D eigenvalue weighted by atomic mass is 9.88. The number of imidazole rings is 1. The molecular weight excluding hydrogens is 1430 g/mol. The second-order valence-electron chi connectivity index (χ2n) is 26.7. The van der Waals surface area contributed by atoms with E-state index in [2.05, 4.69) is 6.33 Å². The van der Waals surface area contributed by atoms with Crippen LogP contribution in [0.25, 0.3) is 72.3 Å². The van der Waals surface area contributed by atoms with Gasteiger partial charge in [-0.3, -0.25) is 13.7 Å². The fourth-order valence-electron chi connectivity index (χ4n) is 14.6. The Labute approximate surface area is 744 Å². The normalized spacial score (nSPS) is 18.5. The first kappa shape index (κ1) is 33.8. The first-order chi connectivity index (χ1) is 78.2. The van der Waals surface area contributed by atoms with Crippen molar-refractivity contribution in [1.82, 2.24) is 14.1 Å². The van der Waals surface area contributed by atoms with Gasteiger partial charge in [-0.15, -0.1) is 0 Å². The molecule has 0 fully saturated rings. The van der Waals surface area contributed by atoms with E-state index in [1.54, 1.807) is 24.4 Å². The van der Waals surface area contributed by atoms with Crippen LogP contribution in [0.1, 0.15) is 99.0 Å². The summed E-state index contributed by atoms with van der Waals surface area (Å²) in [5.41, 5.74) is -5.02. The maximum atomic E-state index is 11.6. The third-order valence-electron chi connectivity index (χ3n) is 19.6. The zero-order chi connectivity index (χ0) is 123. The van der Waals surface area contributed by atoms with Gasteiger partial charge in [0.15, 0.2) is 24.2 Å². The zero-order valence-electron chi connectivity index (χ0n) is 113. The zero-order valence-corrected chi connectivity index (χ0v) is 62.7. The Morgan fingerprint density at radius 1 is 0.351 bits per heavy atom. The lowest BCUT2D eigenvalue weighted by Gasteiger charge is -2.37.